The summed E-state index contributed by atoms with van der Waals surface area (Å²) in [6.07, 6.45) is 11.3. The average Bonchev–Trinajstić information content (AvgIpc) is 2.45. The van der Waals surface area contributed by atoms with Crippen LogP contribution < -0.4 is 5.32 Å². The monoisotopic (exact) mass is 330 g/mol. The second kappa shape index (κ2) is 6.20. The van der Waals surface area contributed by atoms with Crippen LogP contribution in [0.5, 0.6) is 0 Å². The molecule has 0 atom stereocenters. The zero-order valence-corrected chi connectivity index (χ0v) is 15.0. The summed E-state index contributed by atoms with van der Waals surface area (Å²) in [5, 5.41) is 3.30. The molecule has 5 aliphatic rings. The first-order chi connectivity index (χ1) is 11.5. The normalized spacial score (nSPS) is 37.9. The van der Waals surface area contributed by atoms with E-state index in [4.69, 9.17) is 0 Å². The first-order valence-corrected chi connectivity index (χ1v) is 9.74. The van der Waals surface area contributed by atoms with Crippen LogP contribution in [0.2, 0.25) is 0 Å². The molecule has 0 aromatic heterocycles. The Labute approximate surface area is 145 Å². The van der Waals surface area contributed by atoms with Crippen LogP contribution in [0.4, 0.5) is 0 Å². The van der Waals surface area contributed by atoms with E-state index in [-0.39, 0.29) is 17.6 Å². The molecule has 24 heavy (non-hydrogen) atoms. The molecule has 0 saturated heterocycles. The van der Waals surface area contributed by atoms with E-state index in [2.05, 4.69) is 5.32 Å². The van der Waals surface area contributed by atoms with Crippen molar-refractivity contribution in [2.75, 3.05) is 14.1 Å². The Hall–Kier alpha value is -1.32. The molecule has 4 heteroatoms. The number of rotatable bonds is 5. The fourth-order valence-electron chi connectivity index (χ4n) is 5.77. The smallest absolute Gasteiger partial charge is 0.256 e. The van der Waals surface area contributed by atoms with Gasteiger partial charge in [-0.05, 0) is 68.6 Å². The van der Waals surface area contributed by atoms with Crippen LogP contribution in [0.25, 0.3) is 0 Å². The maximum atomic E-state index is 12.9. The van der Waals surface area contributed by atoms with Gasteiger partial charge in [0.1, 0.15) is 0 Å². The van der Waals surface area contributed by atoms with Gasteiger partial charge in [0.15, 0.2) is 5.78 Å². The summed E-state index contributed by atoms with van der Waals surface area (Å²) in [5.74, 6) is 3.08. The number of amides is 1. The van der Waals surface area contributed by atoms with Crippen LogP contribution in [0.15, 0.2) is 11.8 Å². The molecular formula is C20H30N2O2. The predicted octanol–water partition coefficient (Wildman–Crippen LogP) is 2.74. The third kappa shape index (κ3) is 2.89. The minimum Gasteiger partial charge on any atom is -0.383 e. The van der Waals surface area contributed by atoms with Crippen molar-refractivity contribution in [1.82, 2.24) is 10.2 Å². The number of hydrogen-bond donors (Lipinski definition) is 1. The number of nitrogens with one attached hydrogen (secondary N) is 1. The second-order valence-corrected chi connectivity index (χ2v) is 8.93. The third-order valence-electron chi connectivity index (χ3n) is 6.90. The molecule has 5 fully saturated rings. The lowest BCUT2D eigenvalue weighted by Gasteiger charge is -2.54. The van der Waals surface area contributed by atoms with E-state index in [1.54, 1.807) is 6.20 Å². The zero-order valence-electron chi connectivity index (χ0n) is 15.0. The van der Waals surface area contributed by atoms with Crippen molar-refractivity contribution >= 4 is 11.7 Å². The summed E-state index contributed by atoms with van der Waals surface area (Å²) >= 11 is 0. The molecule has 0 aliphatic heterocycles. The fraction of sp³-hybridized carbons (Fsp3) is 0.800. The Morgan fingerprint density at radius 1 is 0.958 bits per heavy atom. The van der Waals surface area contributed by atoms with Gasteiger partial charge in [-0.2, -0.15) is 0 Å². The number of hydrogen-bond acceptors (Lipinski definition) is 3. The number of nitrogens with zero attached hydrogens (tertiary/aromatic N) is 1. The Balaban J connectivity index is 1.48. The second-order valence-electron chi connectivity index (χ2n) is 8.93. The van der Waals surface area contributed by atoms with Crippen LogP contribution in [-0.4, -0.2) is 36.7 Å². The Morgan fingerprint density at radius 3 is 2.00 bits per heavy atom. The van der Waals surface area contributed by atoms with Crippen LogP contribution in [-0.2, 0) is 9.59 Å². The number of carbonyl (C=O) groups excluding carboxylic acids is 2. The SMILES string of the molecule is CN(C)C=C(C(=O)NC1C2CC3CC(C2)CC1C3)C(=O)C1CCC1. The van der Waals surface area contributed by atoms with E-state index >= 15 is 0 Å². The maximum Gasteiger partial charge on any atom is 0.256 e. The highest BCUT2D eigenvalue weighted by Gasteiger charge is 2.49. The fourth-order valence-corrected chi connectivity index (χ4v) is 5.77. The van der Waals surface area contributed by atoms with Gasteiger partial charge in [-0.3, -0.25) is 9.59 Å². The van der Waals surface area contributed by atoms with Crippen molar-refractivity contribution in [2.24, 2.45) is 29.6 Å². The van der Waals surface area contributed by atoms with Gasteiger partial charge in [0, 0.05) is 32.3 Å². The molecule has 4 nitrogen and oxygen atoms in total. The number of carbonyl (C=O) groups is 2. The van der Waals surface area contributed by atoms with Crippen molar-refractivity contribution in [2.45, 2.75) is 57.4 Å². The summed E-state index contributed by atoms with van der Waals surface area (Å²) in [7, 11) is 3.76. The topological polar surface area (TPSA) is 49.4 Å². The maximum absolute atomic E-state index is 12.9. The minimum atomic E-state index is -0.127. The molecule has 4 bridgehead atoms. The van der Waals surface area contributed by atoms with E-state index in [0.717, 1.165) is 31.1 Å². The van der Waals surface area contributed by atoms with Crippen LogP contribution in [0, 0.1) is 29.6 Å². The van der Waals surface area contributed by atoms with Crippen LogP contribution >= 0.6 is 0 Å². The van der Waals surface area contributed by atoms with Gasteiger partial charge in [0.05, 0.1) is 5.57 Å². The average molecular weight is 330 g/mol. The van der Waals surface area contributed by atoms with E-state index in [1.807, 2.05) is 19.0 Å². The lowest BCUT2D eigenvalue weighted by molar-refractivity contribution is -0.127. The van der Waals surface area contributed by atoms with Gasteiger partial charge >= 0.3 is 0 Å². The molecule has 0 unspecified atom stereocenters. The van der Waals surface area contributed by atoms with E-state index in [0.29, 0.717) is 23.5 Å². The molecule has 5 saturated carbocycles. The van der Waals surface area contributed by atoms with E-state index in [9.17, 15) is 9.59 Å². The highest BCUT2D eigenvalue weighted by atomic mass is 16.2. The molecule has 5 rings (SSSR count). The summed E-state index contributed by atoms with van der Waals surface area (Å²) < 4.78 is 0. The van der Waals surface area contributed by atoms with Crippen molar-refractivity contribution in [3.05, 3.63) is 11.8 Å². The van der Waals surface area contributed by atoms with Gasteiger partial charge in [0.25, 0.3) is 5.91 Å². The van der Waals surface area contributed by atoms with Gasteiger partial charge < -0.3 is 10.2 Å². The third-order valence-corrected chi connectivity index (χ3v) is 6.90. The van der Waals surface area contributed by atoms with Gasteiger partial charge in [-0.1, -0.05) is 6.42 Å². The Kier molecular flexibility index (Phi) is 4.17. The standard InChI is InChI=1S/C20H30N2O2/c1-22(2)11-17(19(23)14-4-3-5-14)20(24)21-18-15-7-12-6-13(9-15)10-16(18)8-12/h11-16,18H,3-10H2,1-2H3,(H,21,24). The van der Waals surface area contributed by atoms with E-state index < -0.39 is 0 Å². The van der Waals surface area contributed by atoms with Gasteiger partial charge in [0.2, 0.25) is 0 Å². The van der Waals surface area contributed by atoms with Gasteiger partial charge in [-0.15, -0.1) is 0 Å². The molecule has 132 valence electrons. The summed E-state index contributed by atoms with van der Waals surface area (Å²) in [6, 6.07) is 0.296. The van der Waals surface area contributed by atoms with Crippen molar-refractivity contribution in [3.8, 4) is 0 Å². The predicted molar refractivity (Wildman–Crippen MR) is 93.1 cm³/mol. The summed E-state index contributed by atoms with van der Waals surface area (Å²) in [6.45, 7) is 0. The lowest BCUT2D eigenvalue weighted by atomic mass is 9.54. The highest BCUT2D eigenvalue weighted by Crippen LogP contribution is 2.53. The molecule has 1 amide bonds. The summed E-state index contributed by atoms with van der Waals surface area (Å²) in [5.41, 5.74) is 0.374. The van der Waals surface area contributed by atoms with Crippen LogP contribution in [0.1, 0.15) is 51.4 Å². The number of Topliss-reactive ketones (excluding diaryl/α,β-unsaturated/α-hetero) is 1. The zero-order chi connectivity index (χ0) is 16.8. The van der Waals surface area contributed by atoms with Crippen molar-refractivity contribution in [3.63, 3.8) is 0 Å². The molecule has 0 radical (unpaired) electrons. The Morgan fingerprint density at radius 2 is 1.54 bits per heavy atom. The first kappa shape index (κ1) is 16.2. The Bertz CT molecular complexity index is 534. The number of ketones is 1. The molecular weight excluding hydrogens is 300 g/mol. The van der Waals surface area contributed by atoms with Crippen molar-refractivity contribution in [1.29, 1.82) is 0 Å². The quantitative estimate of drug-likeness (QED) is 0.479. The van der Waals surface area contributed by atoms with Crippen LogP contribution in [0.3, 0.4) is 0 Å². The van der Waals surface area contributed by atoms with Crippen molar-refractivity contribution < 1.29 is 9.59 Å². The molecule has 5 aliphatic carbocycles. The lowest BCUT2D eigenvalue weighted by Crippen LogP contribution is -2.56. The highest BCUT2D eigenvalue weighted by molar-refractivity contribution is 6.20. The first-order valence-electron chi connectivity index (χ1n) is 9.74. The molecule has 0 aromatic carbocycles. The van der Waals surface area contributed by atoms with E-state index in [1.165, 1.54) is 32.1 Å². The minimum absolute atomic E-state index is 0.0521. The van der Waals surface area contributed by atoms with Gasteiger partial charge in [-0.25, -0.2) is 0 Å². The molecule has 0 heterocycles. The molecule has 0 spiro atoms. The largest absolute Gasteiger partial charge is 0.383 e. The molecule has 0 aromatic rings. The summed E-state index contributed by atoms with van der Waals surface area (Å²) in [4.78, 5) is 27.4. The molecule has 1 N–H and O–H groups in total.